The quantitative estimate of drug-likeness (QED) is 0.799. The number of hydrogen-bond acceptors (Lipinski definition) is 4. The maximum Gasteiger partial charge on any atom is 0.243 e. The molecular formula is C19H29N3O3S. The maximum absolute atomic E-state index is 12.8. The predicted molar refractivity (Wildman–Crippen MR) is 101 cm³/mol. The van der Waals surface area contributed by atoms with Gasteiger partial charge in [-0.15, -0.1) is 0 Å². The zero-order valence-corrected chi connectivity index (χ0v) is 16.5. The summed E-state index contributed by atoms with van der Waals surface area (Å²) < 4.78 is 27.1. The van der Waals surface area contributed by atoms with Crippen LogP contribution in [0.3, 0.4) is 0 Å². The molecule has 2 heterocycles. The van der Waals surface area contributed by atoms with Crippen LogP contribution in [0.2, 0.25) is 0 Å². The third-order valence-electron chi connectivity index (χ3n) is 5.50. The number of benzene rings is 1. The van der Waals surface area contributed by atoms with Crippen molar-refractivity contribution in [3.05, 3.63) is 29.8 Å². The van der Waals surface area contributed by atoms with E-state index < -0.39 is 10.0 Å². The van der Waals surface area contributed by atoms with Crippen molar-refractivity contribution in [2.75, 3.05) is 39.3 Å². The molecule has 0 bridgehead atoms. The third kappa shape index (κ3) is 4.10. The van der Waals surface area contributed by atoms with E-state index in [1.807, 2.05) is 30.9 Å². The van der Waals surface area contributed by atoms with E-state index in [4.69, 9.17) is 0 Å². The van der Waals surface area contributed by atoms with Crippen molar-refractivity contribution in [1.82, 2.24) is 14.1 Å². The van der Waals surface area contributed by atoms with E-state index in [0.717, 1.165) is 31.5 Å². The van der Waals surface area contributed by atoms with Crippen LogP contribution in [0.25, 0.3) is 0 Å². The SMILES string of the molecule is Cc1ccc(S(=O)(=O)N2CCN([C@@H](C)C(=O)N3CCCCC3)CC2)cc1. The first kappa shape index (κ1) is 19.3. The van der Waals surface area contributed by atoms with E-state index in [-0.39, 0.29) is 11.9 Å². The summed E-state index contributed by atoms with van der Waals surface area (Å²) in [6.07, 6.45) is 3.37. The molecule has 3 rings (SSSR count). The highest BCUT2D eigenvalue weighted by atomic mass is 32.2. The second kappa shape index (κ2) is 8.06. The molecule has 1 atom stereocenters. The molecule has 0 radical (unpaired) electrons. The van der Waals surface area contributed by atoms with Gasteiger partial charge in [-0.2, -0.15) is 4.31 Å². The first-order chi connectivity index (χ1) is 12.4. The Hall–Kier alpha value is -1.44. The largest absolute Gasteiger partial charge is 0.341 e. The number of piperidine rings is 1. The summed E-state index contributed by atoms with van der Waals surface area (Å²) in [5.41, 5.74) is 1.04. The minimum atomic E-state index is -3.46. The van der Waals surface area contributed by atoms with E-state index >= 15 is 0 Å². The van der Waals surface area contributed by atoms with E-state index in [2.05, 4.69) is 4.90 Å². The summed E-state index contributed by atoms with van der Waals surface area (Å²) in [4.78, 5) is 17.1. The molecule has 0 saturated carbocycles. The van der Waals surface area contributed by atoms with Crippen LogP contribution < -0.4 is 0 Å². The van der Waals surface area contributed by atoms with Crippen LogP contribution in [0.15, 0.2) is 29.2 Å². The lowest BCUT2D eigenvalue weighted by molar-refractivity contribution is -0.137. The molecule has 0 aromatic heterocycles. The van der Waals surface area contributed by atoms with E-state index in [0.29, 0.717) is 31.1 Å². The van der Waals surface area contributed by atoms with Gasteiger partial charge in [0.1, 0.15) is 0 Å². The van der Waals surface area contributed by atoms with Crippen LogP contribution >= 0.6 is 0 Å². The molecule has 2 aliphatic heterocycles. The van der Waals surface area contributed by atoms with Crippen molar-refractivity contribution < 1.29 is 13.2 Å². The van der Waals surface area contributed by atoms with Crippen molar-refractivity contribution in [2.45, 2.75) is 44.0 Å². The van der Waals surface area contributed by atoms with Crippen molar-refractivity contribution in [1.29, 1.82) is 0 Å². The number of hydrogen-bond donors (Lipinski definition) is 0. The molecule has 0 aliphatic carbocycles. The fourth-order valence-electron chi connectivity index (χ4n) is 3.73. The molecule has 0 spiro atoms. The topological polar surface area (TPSA) is 60.9 Å². The Balaban J connectivity index is 1.59. The lowest BCUT2D eigenvalue weighted by atomic mass is 10.1. The molecule has 7 heteroatoms. The molecule has 0 N–H and O–H groups in total. The van der Waals surface area contributed by atoms with Crippen molar-refractivity contribution in [3.63, 3.8) is 0 Å². The average molecular weight is 380 g/mol. The van der Waals surface area contributed by atoms with Crippen molar-refractivity contribution in [3.8, 4) is 0 Å². The standard InChI is InChI=1S/C19H29N3O3S/c1-16-6-8-18(9-7-16)26(24,25)22-14-12-20(13-15-22)17(2)19(23)21-10-4-3-5-11-21/h6-9,17H,3-5,10-15H2,1-2H3/t17-/m0/s1. The summed E-state index contributed by atoms with van der Waals surface area (Å²) in [6.45, 7) is 7.62. The van der Waals surface area contributed by atoms with Gasteiger partial charge in [-0.3, -0.25) is 9.69 Å². The molecule has 1 amide bonds. The fourth-order valence-corrected chi connectivity index (χ4v) is 5.15. The van der Waals surface area contributed by atoms with Crippen molar-refractivity contribution in [2.24, 2.45) is 0 Å². The number of carbonyl (C=O) groups is 1. The van der Waals surface area contributed by atoms with Gasteiger partial charge in [-0.1, -0.05) is 17.7 Å². The average Bonchev–Trinajstić information content (AvgIpc) is 2.68. The molecule has 1 aromatic rings. The van der Waals surface area contributed by atoms with E-state index in [1.54, 1.807) is 12.1 Å². The number of aryl methyl sites for hydroxylation is 1. The molecule has 144 valence electrons. The van der Waals surface area contributed by atoms with Crippen LogP contribution in [0.4, 0.5) is 0 Å². The van der Waals surface area contributed by atoms with Gasteiger partial charge >= 0.3 is 0 Å². The summed E-state index contributed by atoms with van der Waals surface area (Å²) in [5, 5.41) is 0. The van der Waals surface area contributed by atoms with Crippen LogP contribution in [0, 0.1) is 6.92 Å². The van der Waals surface area contributed by atoms with Gasteiger partial charge in [0.2, 0.25) is 15.9 Å². The van der Waals surface area contributed by atoms with Gasteiger partial charge in [-0.25, -0.2) is 8.42 Å². The zero-order valence-electron chi connectivity index (χ0n) is 15.7. The smallest absolute Gasteiger partial charge is 0.243 e. The zero-order chi connectivity index (χ0) is 18.7. The highest BCUT2D eigenvalue weighted by Crippen LogP contribution is 2.20. The number of piperazine rings is 1. The number of sulfonamides is 1. The number of amides is 1. The van der Waals surface area contributed by atoms with E-state index in [1.165, 1.54) is 10.7 Å². The molecule has 26 heavy (non-hydrogen) atoms. The molecule has 2 aliphatic rings. The minimum Gasteiger partial charge on any atom is -0.341 e. The van der Waals surface area contributed by atoms with Gasteiger partial charge in [0.15, 0.2) is 0 Å². The van der Waals surface area contributed by atoms with Gasteiger partial charge in [0, 0.05) is 39.3 Å². The van der Waals surface area contributed by atoms with Gasteiger partial charge in [0.05, 0.1) is 10.9 Å². The van der Waals surface area contributed by atoms with Gasteiger partial charge < -0.3 is 4.90 Å². The predicted octanol–water partition coefficient (Wildman–Crippen LogP) is 1.70. The van der Waals surface area contributed by atoms with Crippen LogP contribution in [0.1, 0.15) is 31.7 Å². The molecular weight excluding hydrogens is 350 g/mol. The lowest BCUT2D eigenvalue weighted by Crippen LogP contribution is -2.55. The number of nitrogens with zero attached hydrogens (tertiary/aromatic N) is 3. The van der Waals surface area contributed by atoms with Crippen molar-refractivity contribution >= 4 is 15.9 Å². The molecule has 6 nitrogen and oxygen atoms in total. The van der Waals surface area contributed by atoms with Gasteiger partial charge in [0.25, 0.3) is 0 Å². The van der Waals surface area contributed by atoms with Gasteiger partial charge in [-0.05, 0) is 45.2 Å². The highest BCUT2D eigenvalue weighted by Gasteiger charge is 2.33. The Kier molecular flexibility index (Phi) is 5.99. The first-order valence-corrected chi connectivity index (χ1v) is 10.9. The van der Waals surface area contributed by atoms with Crippen LogP contribution in [0.5, 0.6) is 0 Å². The highest BCUT2D eigenvalue weighted by molar-refractivity contribution is 7.89. The Morgan fingerprint density at radius 1 is 0.923 bits per heavy atom. The Morgan fingerprint density at radius 2 is 1.50 bits per heavy atom. The molecule has 2 saturated heterocycles. The number of rotatable bonds is 4. The second-order valence-electron chi connectivity index (χ2n) is 7.32. The summed E-state index contributed by atoms with van der Waals surface area (Å²) >= 11 is 0. The molecule has 2 fully saturated rings. The van der Waals surface area contributed by atoms with Crippen LogP contribution in [-0.2, 0) is 14.8 Å². The lowest BCUT2D eigenvalue weighted by Gasteiger charge is -2.39. The Morgan fingerprint density at radius 3 is 2.08 bits per heavy atom. The third-order valence-corrected chi connectivity index (χ3v) is 7.42. The minimum absolute atomic E-state index is 0.180. The Bertz CT molecular complexity index is 719. The summed E-state index contributed by atoms with van der Waals surface area (Å²) in [6, 6.07) is 6.79. The van der Waals surface area contributed by atoms with E-state index in [9.17, 15) is 13.2 Å². The number of likely N-dealkylation sites (tertiary alicyclic amines) is 1. The van der Waals surface area contributed by atoms with Crippen LogP contribution in [-0.4, -0.2) is 73.7 Å². The Labute approximate surface area is 156 Å². The fraction of sp³-hybridized carbons (Fsp3) is 0.632. The summed E-state index contributed by atoms with van der Waals surface area (Å²) in [7, 11) is -3.46. The number of carbonyl (C=O) groups excluding carboxylic acids is 1. The normalized spacial score (nSPS) is 21.5. The first-order valence-electron chi connectivity index (χ1n) is 9.49. The maximum atomic E-state index is 12.8. The molecule has 1 aromatic carbocycles. The molecule has 0 unspecified atom stereocenters. The second-order valence-corrected chi connectivity index (χ2v) is 9.25. The monoisotopic (exact) mass is 379 g/mol. The summed E-state index contributed by atoms with van der Waals surface area (Å²) in [5.74, 6) is 0.180.